The predicted octanol–water partition coefficient (Wildman–Crippen LogP) is 0.823. The minimum Gasteiger partial charge on any atom is -0.375 e. The summed E-state index contributed by atoms with van der Waals surface area (Å²) in [7, 11) is 1.58. The Bertz CT molecular complexity index is 596. The summed E-state index contributed by atoms with van der Waals surface area (Å²) in [5.74, 6) is 2.22. The van der Waals surface area contributed by atoms with Gasteiger partial charge >= 0.3 is 0 Å². The zero-order valence-electron chi connectivity index (χ0n) is 11.8. The lowest BCUT2D eigenvalue weighted by molar-refractivity contribution is 0.151. The van der Waals surface area contributed by atoms with Crippen LogP contribution in [0, 0.1) is 0 Å². The van der Waals surface area contributed by atoms with Gasteiger partial charge in [0, 0.05) is 30.8 Å². The number of nitrogens with two attached hydrogens (primary N) is 1. The fourth-order valence-electron chi connectivity index (χ4n) is 2.31. The number of hydrogen-bond donors (Lipinski definition) is 2. The van der Waals surface area contributed by atoms with Gasteiger partial charge in [0.15, 0.2) is 5.82 Å². The maximum absolute atomic E-state index is 5.81. The lowest BCUT2D eigenvalue weighted by Crippen LogP contribution is -2.35. The minimum atomic E-state index is 0.305. The predicted molar refractivity (Wildman–Crippen MR) is 74.3 cm³/mol. The van der Waals surface area contributed by atoms with Crippen LogP contribution in [-0.2, 0) is 17.9 Å². The fourth-order valence-corrected chi connectivity index (χ4v) is 2.31. The Morgan fingerprint density at radius 1 is 1.43 bits per heavy atom. The Labute approximate surface area is 122 Å². The van der Waals surface area contributed by atoms with Crippen molar-refractivity contribution < 1.29 is 9.26 Å². The summed E-state index contributed by atoms with van der Waals surface area (Å²) in [5, 5.41) is 7.02. The maximum Gasteiger partial charge on any atom is 0.252 e. The van der Waals surface area contributed by atoms with Crippen molar-refractivity contribution in [1.29, 1.82) is 0 Å². The summed E-state index contributed by atoms with van der Waals surface area (Å²) in [4.78, 5) is 12.7. The minimum absolute atomic E-state index is 0.305. The Hall–Kier alpha value is -2.06. The topological polar surface area (TPSA) is 112 Å². The van der Waals surface area contributed by atoms with Gasteiger partial charge < -0.3 is 20.3 Å². The molecule has 21 heavy (non-hydrogen) atoms. The SMILES string of the molecule is COCc1nc(CNc2cc(C3CC(N)C3)ncn2)no1. The highest BCUT2D eigenvalue weighted by Crippen LogP contribution is 2.34. The highest BCUT2D eigenvalue weighted by atomic mass is 16.5. The molecule has 2 aromatic heterocycles. The van der Waals surface area contributed by atoms with E-state index in [1.165, 1.54) is 0 Å². The van der Waals surface area contributed by atoms with E-state index in [-0.39, 0.29) is 0 Å². The molecule has 1 fully saturated rings. The van der Waals surface area contributed by atoms with Crippen LogP contribution >= 0.6 is 0 Å². The average molecular weight is 290 g/mol. The van der Waals surface area contributed by atoms with Crippen LogP contribution in [0.25, 0.3) is 0 Å². The Balaban J connectivity index is 1.58. The highest BCUT2D eigenvalue weighted by Gasteiger charge is 2.28. The van der Waals surface area contributed by atoms with E-state index in [4.69, 9.17) is 15.0 Å². The number of nitrogens with one attached hydrogen (secondary N) is 1. The van der Waals surface area contributed by atoms with Crippen molar-refractivity contribution in [2.75, 3.05) is 12.4 Å². The number of ether oxygens (including phenoxy) is 1. The quantitative estimate of drug-likeness (QED) is 0.804. The molecule has 2 aromatic rings. The molecule has 0 radical (unpaired) electrons. The van der Waals surface area contributed by atoms with Gasteiger partial charge in [-0.1, -0.05) is 5.16 Å². The Kier molecular flexibility index (Phi) is 4.07. The monoisotopic (exact) mass is 290 g/mol. The van der Waals surface area contributed by atoms with E-state index in [0.29, 0.717) is 36.8 Å². The van der Waals surface area contributed by atoms with Gasteiger partial charge in [-0.25, -0.2) is 9.97 Å². The smallest absolute Gasteiger partial charge is 0.252 e. The van der Waals surface area contributed by atoms with E-state index >= 15 is 0 Å². The van der Waals surface area contributed by atoms with Crippen LogP contribution in [-0.4, -0.2) is 33.3 Å². The standard InChI is InChI=1S/C13H18N6O2/c1-20-6-13-18-12(19-21-13)5-15-11-4-10(16-7-17-11)8-2-9(14)3-8/h4,7-9H,2-3,5-6,14H2,1H3,(H,15,16,17). The van der Waals surface area contributed by atoms with Crippen molar-refractivity contribution in [2.45, 2.75) is 38.0 Å². The molecule has 0 aromatic carbocycles. The molecule has 8 heteroatoms. The number of anilines is 1. The number of rotatable bonds is 6. The molecule has 0 unspecified atom stereocenters. The second-order valence-electron chi connectivity index (χ2n) is 5.15. The molecule has 1 aliphatic rings. The van der Waals surface area contributed by atoms with Crippen LogP contribution in [0.15, 0.2) is 16.9 Å². The number of nitrogens with zero attached hydrogens (tertiary/aromatic N) is 4. The second kappa shape index (κ2) is 6.15. The van der Waals surface area contributed by atoms with Gasteiger partial charge in [-0.2, -0.15) is 4.98 Å². The third-order valence-corrected chi connectivity index (χ3v) is 3.49. The molecule has 1 aliphatic carbocycles. The summed E-state index contributed by atoms with van der Waals surface area (Å²) < 4.78 is 9.95. The van der Waals surface area contributed by atoms with Crippen LogP contribution in [0.3, 0.4) is 0 Å². The van der Waals surface area contributed by atoms with Gasteiger partial charge in [0.25, 0.3) is 5.89 Å². The molecule has 0 spiro atoms. The zero-order chi connectivity index (χ0) is 14.7. The summed E-state index contributed by atoms with van der Waals surface area (Å²) >= 11 is 0. The third kappa shape index (κ3) is 3.34. The molecule has 0 amide bonds. The molecular weight excluding hydrogens is 272 g/mol. The lowest BCUT2D eigenvalue weighted by atomic mass is 9.79. The first kappa shape index (κ1) is 13.9. The van der Waals surface area contributed by atoms with Crippen LogP contribution < -0.4 is 11.1 Å². The van der Waals surface area contributed by atoms with Crippen molar-refractivity contribution in [2.24, 2.45) is 5.73 Å². The van der Waals surface area contributed by atoms with Crippen LogP contribution in [0.1, 0.15) is 36.2 Å². The van der Waals surface area contributed by atoms with Gasteiger partial charge in [-0.15, -0.1) is 0 Å². The van der Waals surface area contributed by atoms with Gasteiger partial charge in [0.1, 0.15) is 18.8 Å². The molecule has 3 N–H and O–H groups in total. The molecule has 3 rings (SSSR count). The van der Waals surface area contributed by atoms with Gasteiger partial charge in [-0.05, 0) is 12.8 Å². The van der Waals surface area contributed by atoms with E-state index in [1.54, 1.807) is 13.4 Å². The molecule has 2 heterocycles. The first-order valence-electron chi connectivity index (χ1n) is 6.86. The van der Waals surface area contributed by atoms with Crippen molar-refractivity contribution in [1.82, 2.24) is 20.1 Å². The third-order valence-electron chi connectivity index (χ3n) is 3.49. The summed E-state index contributed by atoms with van der Waals surface area (Å²) in [5.41, 5.74) is 6.84. The van der Waals surface area contributed by atoms with Crippen LogP contribution in [0.5, 0.6) is 0 Å². The van der Waals surface area contributed by atoms with E-state index in [2.05, 4.69) is 25.4 Å². The normalized spacial score (nSPS) is 21.0. The second-order valence-corrected chi connectivity index (χ2v) is 5.15. The first-order chi connectivity index (χ1) is 10.2. The van der Waals surface area contributed by atoms with Crippen molar-refractivity contribution in [3.63, 3.8) is 0 Å². The molecule has 0 bridgehead atoms. The van der Waals surface area contributed by atoms with E-state index in [0.717, 1.165) is 24.4 Å². The number of methoxy groups -OCH3 is 1. The van der Waals surface area contributed by atoms with Gasteiger partial charge in [0.05, 0.1) is 6.54 Å². The summed E-state index contributed by atoms with van der Waals surface area (Å²) in [6.07, 6.45) is 3.54. The molecule has 1 saturated carbocycles. The average Bonchev–Trinajstić information content (AvgIpc) is 2.90. The van der Waals surface area contributed by atoms with Crippen molar-refractivity contribution >= 4 is 5.82 Å². The first-order valence-corrected chi connectivity index (χ1v) is 6.86. The van der Waals surface area contributed by atoms with Crippen LogP contribution in [0.4, 0.5) is 5.82 Å². The zero-order valence-corrected chi connectivity index (χ0v) is 11.8. The van der Waals surface area contributed by atoms with E-state index in [1.807, 2.05) is 6.07 Å². The number of hydrogen-bond acceptors (Lipinski definition) is 8. The van der Waals surface area contributed by atoms with E-state index in [9.17, 15) is 0 Å². The Morgan fingerprint density at radius 3 is 3.05 bits per heavy atom. The van der Waals surface area contributed by atoms with Crippen LogP contribution in [0.2, 0.25) is 0 Å². The number of aromatic nitrogens is 4. The van der Waals surface area contributed by atoms with Gasteiger partial charge in [-0.3, -0.25) is 0 Å². The summed E-state index contributed by atoms with van der Waals surface area (Å²) in [6, 6.07) is 2.26. The summed E-state index contributed by atoms with van der Waals surface area (Å²) in [6.45, 7) is 0.750. The highest BCUT2D eigenvalue weighted by molar-refractivity contribution is 5.36. The lowest BCUT2D eigenvalue weighted by Gasteiger charge is -2.31. The molecule has 0 atom stereocenters. The molecule has 8 nitrogen and oxygen atoms in total. The van der Waals surface area contributed by atoms with E-state index < -0.39 is 0 Å². The fraction of sp³-hybridized carbons (Fsp3) is 0.538. The molecule has 0 saturated heterocycles. The molecule has 0 aliphatic heterocycles. The Morgan fingerprint density at radius 2 is 2.29 bits per heavy atom. The molecule has 112 valence electrons. The van der Waals surface area contributed by atoms with Crippen molar-refractivity contribution in [3.05, 3.63) is 29.8 Å². The van der Waals surface area contributed by atoms with Crippen molar-refractivity contribution in [3.8, 4) is 0 Å². The maximum atomic E-state index is 5.81. The largest absolute Gasteiger partial charge is 0.375 e. The molecular formula is C13H18N6O2. The van der Waals surface area contributed by atoms with Gasteiger partial charge in [0.2, 0.25) is 0 Å².